The summed E-state index contributed by atoms with van der Waals surface area (Å²) < 4.78 is 7.08. The quantitative estimate of drug-likeness (QED) is 0.0499. The summed E-state index contributed by atoms with van der Waals surface area (Å²) in [6, 6.07) is 18.9. The Bertz CT molecular complexity index is 2440. The van der Waals surface area contributed by atoms with Crippen LogP contribution in [0.15, 0.2) is 77.7 Å². The zero-order valence-electron chi connectivity index (χ0n) is 33.2. The lowest BCUT2D eigenvalue weighted by Crippen LogP contribution is -2.48. The number of carbonyl (C=O) groups is 5. The molecule has 2 aromatic heterocycles. The largest absolute Gasteiger partial charge is 0.496 e. The molecule has 14 heteroatoms. The number of anilines is 1. The normalized spacial score (nSPS) is 13.0. The van der Waals surface area contributed by atoms with Crippen LogP contribution in [0.4, 0.5) is 5.69 Å². The number of imide groups is 1. The number of benzene rings is 3. The van der Waals surface area contributed by atoms with Gasteiger partial charge in [-0.05, 0) is 86.6 Å². The molecule has 302 valence electrons. The number of H-pyrrole nitrogens is 1. The molecular formula is C44H48N6O8. The van der Waals surface area contributed by atoms with Gasteiger partial charge in [0, 0.05) is 62.0 Å². The number of ether oxygens (including phenoxy) is 1. The summed E-state index contributed by atoms with van der Waals surface area (Å²) in [6.07, 6.45) is 4.86. The van der Waals surface area contributed by atoms with E-state index in [1.54, 1.807) is 70.6 Å². The van der Waals surface area contributed by atoms with Gasteiger partial charge in [0.1, 0.15) is 29.3 Å². The lowest BCUT2D eigenvalue weighted by molar-refractivity contribution is -0.124. The van der Waals surface area contributed by atoms with Crippen molar-refractivity contribution in [2.24, 2.45) is 7.05 Å². The molecule has 0 spiro atoms. The molecule has 1 unspecified atom stereocenters. The van der Waals surface area contributed by atoms with E-state index in [9.17, 15) is 33.9 Å². The number of likely N-dealkylation sites (N-methyl/N-ethyl adjacent to an activating group) is 1. The van der Waals surface area contributed by atoms with Crippen LogP contribution in [0.5, 0.6) is 5.75 Å². The summed E-state index contributed by atoms with van der Waals surface area (Å²) >= 11 is 0. The third-order valence-electron chi connectivity index (χ3n) is 10.5. The molecule has 0 radical (unpaired) electrons. The van der Waals surface area contributed by atoms with Crippen molar-refractivity contribution in [1.29, 1.82) is 0 Å². The summed E-state index contributed by atoms with van der Waals surface area (Å²) in [6.45, 7) is 4.20. The molecule has 6 rings (SSSR count). The summed E-state index contributed by atoms with van der Waals surface area (Å²) in [5.41, 5.74) is 4.11. The van der Waals surface area contributed by atoms with Crippen LogP contribution in [-0.2, 0) is 35.2 Å². The Labute approximate surface area is 335 Å². The number of aliphatic hydroxyl groups is 1. The van der Waals surface area contributed by atoms with Crippen LogP contribution < -0.4 is 26.2 Å². The standard InChI is InChI=1S/C44H48N6O8/c1-44(2,57)28-18-19-36(58-5)30(22-28)32-25-49(4)43(56)38-31(32)23-34(48-38)39(52)47-24-27-16-14-26(15-17-27)10-6-7-20-46-33-12-8-11-29-37(33)42(55)50(41(29)54)35(13-9-21-51)40(53)45-3/h8,11-12,14-19,21-23,25,35,46,48,57H,6-7,9-10,13,20,24H2,1-5H3,(H,45,53)(H,47,52). The van der Waals surface area contributed by atoms with Crippen molar-refractivity contribution in [2.45, 2.75) is 64.1 Å². The van der Waals surface area contributed by atoms with E-state index >= 15 is 0 Å². The van der Waals surface area contributed by atoms with Gasteiger partial charge in [-0.3, -0.25) is 28.9 Å². The maximum absolute atomic E-state index is 13.4. The van der Waals surface area contributed by atoms with Gasteiger partial charge in [-0.2, -0.15) is 0 Å². The van der Waals surface area contributed by atoms with Crippen LogP contribution in [0.3, 0.4) is 0 Å². The van der Waals surface area contributed by atoms with E-state index in [1.807, 2.05) is 30.3 Å². The Hall–Kier alpha value is -6.54. The van der Waals surface area contributed by atoms with Gasteiger partial charge in [0.25, 0.3) is 23.3 Å². The molecule has 0 bridgehead atoms. The lowest BCUT2D eigenvalue weighted by atomic mass is 9.93. The molecule has 3 heterocycles. The highest BCUT2D eigenvalue weighted by atomic mass is 16.5. The first-order chi connectivity index (χ1) is 27.8. The van der Waals surface area contributed by atoms with E-state index < -0.39 is 29.4 Å². The first kappa shape index (κ1) is 41.1. The van der Waals surface area contributed by atoms with E-state index in [1.165, 1.54) is 11.6 Å². The minimum Gasteiger partial charge on any atom is -0.496 e. The number of hydrogen-bond donors (Lipinski definition) is 5. The van der Waals surface area contributed by atoms with E-state index in [4.69, 9.17) is 4.74 Å². The molecule has 4 amide bonds. The number of unbranched alkanes of at least 4 members (excludes halogenated alkanes) is 1. The maximum atomic E-state index is 13.4. The number of nitrogens with one attached hydrogen (secondary N) is 4. The number of aldehydes is 1. The van der Waals surface area contributed by atoms with E-state index in [0.717, 1.165) is 35.3 Å². The molecule has 5 N–H and O–H groups in total. The molecule has 0 fully saturated rings. The third-order valence-corrected chi connectivity index (χ3v) is 10.5. The Morgan fingerprint density at radius 2 is 1.69 bits per heavy atom. The van der Waals surface area contributed by atoms with Gasteiger partial charge in [0.2, 0.25) is 5.91 Å². The van der Waals surface area contributed by atoms with Gasteiger partial charge in [-0.1, -0.05) is 36.4 Å². The van der Waals surface area contributed by atoms with Gasteiger partial charge in [-0.15, -0.1) is 0 Å². The molecule has 0 saturated carbocycles. The summed E-state index contributed by atoms with van der Waals surface area (Å²) in [7, 11) is 4.62. The number of fused-ring (bicyclic) bond motifs is 2. The summed E-state index contributed by atoms with van der Waals surface area (Å²) in [5, 5.41) is 19.9. The van der Waals surface area contributed by atoms with Crippen LogP contribution >= 0.6 is 0 Å². The number of aromatic amines is 1. The van der Waals surface area contributed by atoms with Crippen molar-refractivity contribution in [3.05, 3.63) is 117 Å². The number of methoxy groups -OCH3 is 1. The van der Waals surface area contributed by atoms with Gasteiger partial charge in [0.15, 0.2) is 0 Å². The molecule has 1 aliphatic heterocycles. The van der Waals surface area contributed by atoms with Crippen molar-refractivity contribution in [1.82, 2.24) is 25.1 Å². The van der Waals surface area contributed by atoms with Crippen LogP contribution in [0.1, 0.15) is 87.4 Å². The highest BCUT2D eigenvalue weighted by Crippen LogP contribution is 2.37. The van der Waals surface area contributed by atoms with Crippen molar-refractivity contribution in [3.8, 4) is 16.9 Å². The second kappa shape index (κ2) is 17.3. The Kier molecular flexibility index (Phi) is 12.3. The topological polar surface area (TPSA) is 192 Å². The van der Waals surface area contributed by atoms with Crippen LogP contribution in [0.25, 0.3) is 22.0 Å². The van der Waals surface area contributed by atoms with Crippen molar-refractivity contribution >= 4 is 46.5 Å². The number of aryl methyl sites for hydroxylation is 2. The van der Waals surface area contributed by atoms with Crippen molar-refractivity contribution in [2.75, 3.05) is 26.0 Å². The predicted molar refractivity (Wildman–Crippen MR) is 220 cm³/mol. The molecule has 1 aliphatic rings. The molecule has 5 aromatic rings. The third kappa shape index (κ3) is 8.42. The SMILES string of the molecule is CNC(=O)C(CCC=O)N1C(=O)c2cccc(NCCCCc3ccc(CNC(=O)c4cc5c(-c6cc(C(C)(C)O)ccc6OC)cn(C)c(=O)c5[nH]4)cc3)c2C1=O. The van der Waals surface area contributed by atoms with Crippen LogP contribution in [0.2, 0.25) is 0 Å². The van der Waals surface area contributed by atoms with Crippen molar-refractivity contribution in [3.63, 3.8) is 0 Å². The second-order valence-electron chi connectivity index (χ2n) is 14.9. The monoisotopic (exact) mass is 788 g/mol. The molecular weight excluding hydrogens is 741 g/mol. The first-order valence-electron chi connectivity index (χ1n) is 19.2. The number of pyridine rings is 1. The number of rotatable bonds is 17. The molecule has 14 nitrogen and oxygen atoms in total. The highest BCUT2D eigenvalue weighted by Gasteiger charge is 2.43. The zero-order valence-corrected chi connectivity index (χ0v) is 33.2. The minimum atomic E-state index is -1.11. The van der Waals surface area contributed by atoms with Gasteiger partial charge in [0.05, 0.1) is 23.8 Å². The average Bonchev–Trinajstić information content (AvgIpc) is 3.78. The average molecular weight is 789 g/mol. The summed E-state index contributed by atoms with van der Waals surface area (Å²) in [4.78, 5) is 80.7. The zero-order chi connectivity index (χ0) is 41.7. The lowest BCUT2D eigenvalue weighted by Gasteiger charge is -2.24. The number of amides is 4. The molecule has 0 aliphatic carbocycles. The number of nitrogens with zero attached hydrogens (tertiary/aromatic N) is 2. The van der Waals surface area contributed by atoms with Gasteiger partial charge in [-0.25, -0.2) is 0 Å². The fraction of sp³-hybridized carbons (Fsp3) is 0.318. The number of aromatic nitrogens is 2. The number of carbonyl (C=O) groups excluding carboxylic acids is 5. The fourth-order valence-electron chi connectivity index (χ4n) is 7.25. The number of hydrogen-bond acceptors (Lipinski definition) is 9. The van der Waals surface area contributed by atoms with Gasteiger partial charge >= 0.3 is 0 Å². The molecule has 0 saturated heterocycles. The van der Waals surface area contributed by atoms with Crippen molar-refractivity contribution < 1.29 is 33.8 Å². The maximum Gasteiger partial charge on any atom is 0.274 e. The van der Waals surface area contributed by atoms with E-state index in [2.05, 4.69) is 20.9 Å². The Morgan fingerprint density at radius 1 is 0.948 bits per heavy atom. The Balaban J connectivity index is 1.04. The van der Waals surface area contributed by atoms with Gasteiger partial charge < -0.3 is 40.1 Å². The predicted octanol–water partition coefficient (Wildman–Crippen LogP) is 4.82. The first-order valence-corrected chi connectivity index (χ1v) is 19.2. The van der Waals surface area contributed by atoms with Crippen LogP contribution in [-0.4, -0.2) is 76.2 Å². The molecule has 58 heavy (non-hydrogen) atoms. The van der Waals surface area contributed by atoms with E-state index in [0.29, 0.717) is 46.3 Å². The minimum absolute atomic E-state index is 0.0348. The second-order valence-corrected chi connectivity index (χ2v) is 14.9. The van der Waals surface area contributed by atoms with E-state index in [-0.39, 0.29) is 53.2 Å². The fourth-order valence-corrected chi connectivity index (χ4v) is 7.25. The smallest absolute Gasteiger partial charge is 0.274 e. The highest BCUT2D eigenvalue weighted by molar-refractivity contribution is 6.25. The summed E-state index contributed by atoms with van der Waals surface area (Å²) in [5.74, 6) is -1.44. The molecule has 1 atom stereocenters. The molecule has 3 aromatic carbocycles. The Morgan fingerprint density at radius 3 is 2.38 bits per heavy atom. The van der Waals surface area contributed by atoms with Crippen LogP contribution in [0, 0.1) is 0 Å².